The van der Waals surface area contributed by atoms with E-state index in [4.69, 9.17) is 9.47 Å². The fraction of sp³-hybridized carbons (Fsp3) is 0.316. The third-order valence-electron chi connectivity index (χ3n) is 3.73. The highest BCUT2D eigenvalue weighted by Gasteiger charge is 2.16. The molecule has 0 bridgehead atoms. The van der Waals surface area contributed by atoms with Crippen LogP contribution >= 0.6 is 0 Å². The lowest BCUT2D eigenvalue weighted by atomic mass is 10.1. The van der Waals surface area contributed by atoms with E-state index in [0.717, 1.165) is 28.1 Å². The second-order valence-electron chi connectivity index (χ2n) is 5.58. The van der Waals surface area contributed by atoms with E-state index in [1.807, 2.05) is 56.3 Å². The highest BCUT2D eigenvalue weighted by Crippen LogP contribution is 2.22. The first-order chi connectivity index (χ1) is 11.0. The summed E-state index contributed by atoms with van der Waals surface area (Å²) in [5, 5.41) is 2.88. The number of nitrogens with one attached hydrogen (secondary N) is 1. The van der Waals surface area contributed by atoms with Crippen LogP contribution in [0.5, 0.6) is 5.75 Å². The van der Waals surface area contributed by atoms with Crippen LogP contribution in [-0.4, -0.2) is 19.1 Å². The van der Waals surface area contributed by atoms with Crippen molar-refractivity contribution < 1.29 is 14.3 Å². The van der Waals surface area contributed by atoms with Crippen LogP contribution in [0.2, 0.25) is 0 Å². The highest BCUT2D eigenvalue weighted by atomic mass is 16.5. The van der Waals surface area contributed by atoms with Gasteiger partial charge in [0.05, 0.1) is 6.61 Å². The second-order valence-corrected chi connectivity index (χ2v) is 5.58. The largest absolute Gasteiger partial charge is 0.481 e. The number of benzene rings is 2. The SMILES string of the molecule is COCc1cccc(NC(=O)C(C)Oc2cccc(C)c2C)c1. The molecule has 122 valence electrons. The fourth-order valence-corrected chi connectivity index (χ4v) is 2.25. The molecule has 1 unspecified atom stereocenters. The quantitative estimate of drug-likeness (QED) is 0.881. The maximum Gasteiger partial charge on any atom is 0.265 e. The van der Waals surface area contributed by atoms with Gasteiger partial charge < -0.3 is 14.8 Å². The summed E-state index contributed by atoms with van der Waals surface area (Å²) in [4.78, 5) is 12.3. The standard InChI is InChI=1S/C19H23NO3/c1-13-7-5-10-18(14(13)2)23-15(3)19(21)20-17-9-6-8-16(11-17)12-22-4/h5-11,15H,12H2,1-4H3,(H,20,21). The van der Waals surface area contributed by atoms with E-state index in [9.17, 15) is 4.79 Å². The zero-order chi connectivity index (χ0) is 16.8. The van der Waals surface area contributed by atoms with E-state index in [1.54, 1.807) is 14.0 Å². The van der Waals surface area contributed by atoms with Gasteiger partial charge >= 0.3 is 0 Å². The average molecular weight is 313 g/mol. The minimum atomic E-state index is -0.582. The van der Waals surface area contributed by atoms with Crippen molar-refractivity contribution in [1.29, 1.82) is 0 Å². The van der Waals surface area contributed by atoms with Gasteiger partial charge in [-0.05, 0) is 55.7 Å². The van der Waals surface area contributed by atoms with Gasteiger partial charge in [-0.2, -0.15) is 0 Å². The molecule has 1 amide bonds. The number of hydrogen-bond acceptors (Lipinski definition) is 3. The average Bonchev–Trinajstić information content (AvgIpc) is 2.52. The molecule has 4 nitrogen and oxygen atoms in total. The second kappa shape index (κ2) is 7.79. The Hall–Kier alpha value is -2.33. The predicted molar refractivity (Wildman–Crippen MR) is 91.8 cm³/mol. The number of hydrogen-bond donors (Lipinski definition) is 1. The van der Waals surface area contributed by atoms with Gasteiger partial charge in [0.2, 0.25) is 0 Å². The molecule has 0 aromatic heterocycles. The smallest absolute Gasteiger partial charge is 0.265 e. The van der Waals surface area contributed by atoms with Crippen molar-refractivity contribution >= 4 is 11.6 Å². The zero-order valence-corrected chi connectivity index (χ0v) is 14.1. The van der Waals surface area contributed by atoms with Crippen LogP contribution in [0.15, 0.2) is 42.5 Å². The predicted octanol–water partition coefficient (Wildman–Crippen LogP) is 3.86. The van der Waals surface area contributed by atoms with E-state index in [0.29, 0.717) is 6.61 Å². The normalized spacial score (nSPS) is 11.8. The molecule has 0 spiro atoms. The minimum absolute atomic E-state index is 0.180. The third-order valence-corrected chi connectivity index (χ3v) is 3.73. The molecule has 0 saturated heterocycles. The van der Waals surface area contributed by atoms with Crippen molar-refractivity contribution in [3.05, 3.63) is 59.2 Å². The molecule has 1 N–H and O–H groups in total. The number of carbonyl (C=O) groups is 1. The van der Waals surface area contributed by atoms with Crippen LogP contribution in [0.4, 0.5) is 5.69 Å². The summed E-state index contributed by atoms with van der Waals surface area (Å²) in [6.45, 7) is 6.27. The number of ether oxygens (including phenoxy) is 2. The topological polar surface area (TPSA) is 47.6 Å². The molecule has 0 aliphatic rings. The number of methoxy groups -OCH3 is 1. The van der Waals surface area contributed by atoms with Crippen LogP contribution in [0.3, 0.4) is 0 Å². The van der Waals surface area contributed by atoms with E-state index >= 15 is 0 Å². The van der Waals surface area contributed by atoms with Crippen molar-refractivity contribution in [2.75, 3.05) is 12.4 Å². The zero-order valence-electron chi connectivity index (χ0n) is 14.1. The molecule has 1 atom stereocenters. The molecular weight excluding hydrogens is 290 g/mol. The van der Waals surface area contributed by atoms with E-state index in [-0.39, 0.29) is 5.91 Å². The molecule has 0 fully saturated rings. The Bertz CT molecular complexity index is 682. The van der Waals surface area contributed by atoms with Gasteiger partial charge in [-0.3, -0.25) is 4.79 Å². The Labute approximate surface area is 137 Å². The summed E-state index contributed by atoms with van der Waals surface area (Å²) >= 11 is 0. The molecular formula is C19H23NO3. The molecule has 2 aromatic carbocycles. The van der Waals surface area contributed by atoms with Crippen molar-refractivity contribution in [3.63, 3.8) is 0 Å². The molecule has 2 aromatic rings. The van der Waals surface area contributed by atoms with E-state index < -0.39 is 6.10 Å². The van der Waals surface area contributed by atoms with Crippen LogP contribution in [0.1, 0.15) is 23.6 Å². The van der Waals surface area contributed by atoms with Gasteiger partial charge in [-0.25, -0.2) is 0 Å². The Morgan fingerprint density at radius 1 is 1.17 bits per heavy atom. The molecule has 0 aliphatic heterocycles. The van der Waals surface area contributed by atoms with Gasteiger partial charge in [0, 0.05) is 12.8 Å². The van der Waals surface area contributed by atoms with E-state index in [2.05, 4.69) is 5.32 Å². The van der Waals surface area contributed by atoms with Crippen LogP contribution in [0, 0.1) is 13.8 Å². The summed E-state index contributed by atoms with van der Waals surface area (Å²) in [6, 6.07) is 13.4. The number of aryl methyl sites for hydroxylation is 1. The Morgan fingerprint density at radius 3 is 2.65 bits per heavy atom. The summed E-state index contributed by atoms with van der Waals surface area (Å²) in [6.07, 6.45) is -0.582. The van der Waals surface area contributed by atoms with Gasteiger partial charge in [-0.1, -0.05) is 24.3 Å². The number of anilines is 1. The fourth-order valence-electron chi connectivity index (χ4n) is 2.25. The number of amides is 1. The Balaban J connectivity index is 2.02. The van der Waals surface area contributed by atoms with Gasteiger partial charge in [0.25, 0.3) is 5.91 Å². The lowest BCUT2D eigenvalue weighted by Crippen LogP contribution is -2.30. The van der Waals surface area contributed by atoms with Crippen molar-refractivity contribution in [2.24, 2.45) is 0 Å². The Morgan fingerprint density at radius 2 is 1.91 bits per heavy atom. The Kier molecular flexibility index (Phi) is 5.77. The van der Waals surface area contributed by atoms with Crippen molar-refractivity contribution in [2.45, 2.75) is 33.5 Å². The van der Waals surface area contributed by atoms with Crippen molar-refractivity contribution in [3.8, 4) is 5.75 Å². The van der Waals surface area contributed by atoms with Gasteiger partial charge in [-0.15, -0.1) is 0 Å². The van der Waals surface area contributed by atoms with Crippen LogP contribution in [0.25, 0.3) is 0 Å². The van der Waals surface area contributed by atoms with Crippen LogP contribution < -0.4 is 10.1 Å². The monoisotopic (exact) mass is 313 g/mol. The third kappa shape index (κ3) is 4.57. The first kappa shape index (κ1) is 17.0. The maximum absolute atomic E-state index is 12.3. The molecule has 23 heavy (non-hydrogen) atoms. The number of carbonyl (C=O) groups excluding carboxylic acids is 1. The molecule has 2 rings (SSSR count). The van der Waals surface area contributed by atoms with E-state index in [1.165, 1.54) is 0 Å². The summed E-state index contributed by atoms with van der Waals surface area (Å²) < 4.78 is 10.9. The number of rotatable bonds is 6. The highest BCUT2D eigenvalue weighted by molar-refractivity contribution is 5.94. The molecule has 0 heterocycles. The first-order valence-corrected chi connectivity index (χ1v) is 7.63. The minimum Gasteiger partial charge on any atom is -0.481 e. The summed E-state index contributed by atoms with van der Waals surface area (Å²) in [5.74, 6) is 0.557. The van der Waals surface area contributed by atoms with Gasteiger partial charge in [0.1, 0.15) is 5.75 Å². The van der Waals surface area contributed by atoms with Crippen molar-refractivity contribution in [1.82, 2.24) is 0 Å². The molecule has 0 radical (unpaired) electrons. The maximum atomic E-state index is 12.3. The summed E-state index contributed by atoms with van der Waals surface area (Å²) in [7, 11) is 1.64. The lowest BCUT2D eigenvalue weighted by molar-refractivity contribution is -0.122. The van der Waals surface area contributed by atoms with Crippen LogP contribution in [-0.2, 0) is 16.1 Å². The molecule has 0 aliphatic carbocycles. The van der Waals surface area contributed by atoms with Gasteiger partial charge in [0.15, 0.2) is 6.10 Å². The molecule has 0 saturated carbocycles. The molecule has 4 heteroatoms. The summed E-state index contributed by atoms with van der Waals surface area (Å²) in [5.41, 5.74) is 3.94. The first-order valence-electron chi connectivity index (χ1n) is 7.63. The lowest BCUT2D eigenvalue weighted by Gasteiger charge is -2.17.